The summed E-state index contributed by atoms with van der Waals surface area (Å²) in [6, 6.07) is 0. The Kier molecular flexibility index (Phi) is 4.30. The van der Waals surface area contributed by atoms with E-state index in [-0.39, 0.29) is 29.0 Å². The van der Waals surface area contributed by atoms with Crippen molar-refractivity contribution in [2.45, 2.75) is 64.1 Å². The molecule has 5 nitrogen and oxygen atoms in total. The van der Waals surface area contributed by atoms with E-state index in [1.54, 1.807) is 12.2 Å². The lowest BCUT2D eigenvalue weighted by molar-refractivity contribution is -0.156. The molecule has 27 heavy (non-hydrogen) atoms. The third-order valence-corrected chi connectivity index (χ3v) is 8.58. The van der Waals surface area contributed by atoms with Crippen LogP contribution in [0.5, 0.6) is 0 Å². The lowest BCUT2D eigenvalue weighted by Gasteiger charge is -2.52. The molecule has 0 spiro atoms. The number of aliphatic hydroxyl groups excluding tert-OH is 2. The molecule has 3 saturated carbocycles. The fourth-order valence-electron chi connectivity index (χ4n) is 7.06. The fourth-order valence-corrected chi connectivity index (χ4v) is 7.06. The van der Waals surface area contributed by atoms with Gasteiger partial charge in [0.1, 0.15) is 12.2 Å². The highest BCUT2D eigenvalue weighted by Gasteiger charge is 2.65. The van der Waals surface area contributed by atoms with Gasteiger partial charge < -0.3 is 15.3 Å². The maximum Gasteiger partial charge on any atom is 0.190 e. The summed E-state index contributed by atoms with van der Waals surface area (Å²) >= 11 is 0. The van der Waals surface area contributed by atoms with Crippen LogP contribution in [0.1, 0.15) is 52.4 Å². The summed E-state index contributed by atoms with van der Waals surface area (Å²) in [7, 11) is 0. The first kappa shape index (κ1) is 19.0. The van der Waals surface area contributed by atoms with E-state index in [0.717, 1.165) is 24.8 Å². The van der Waals surface area contributed by atoms with Crippen molar-refractivity contribution in [3.05, 3.63) is 23.8 Å². The number of allylic oxidation sites excluding steroid dienone is 4. The normalized spacial score (nSPS) is 48.9. The monoisotopic (exact) mass is 374 g/mol. The first-order chi connectivity index (χ1) is 12.7. The van der Waals surface area contributed by atoms with Crippen LogP contribution in [0.4, 0.5) is 0 Å². The molecule has 0 saturated heterocycles. The van der Waals surface area contributed by atoms with Gasteiger partial charge in [0, 0.05) is 16.7 Å². The third-order valence-electron chi connectivity index (χ3n) is 8.58. The molecule has 3 fully saturated rings. The zero-order valence-electron chi connectivity index (χ0n) is 16.1. The summed E-state index contributed by atoms with van der Waals surface area (Å²) in [4.78, 5) is 24.3. The van der Waals surface area contributed by atoms with E-state index < -0.39 is 29.5 Å². The minimum Gasteiger partial charge on any atom is -0.393 e. The van der Waals surface area contributed by atoms with Gasteiger partial charge in [-0.3, -0.25) is 9.59 Å². The van der Waals surface area contributed by atoms with Gasteiger partial charge >= 0.3 is 0 Å². The smallest absolute Gasteiger partial charge is 0.190 e. The number of hydrogen-bond acceptors (Lipinski definition) is 5. The largest absolute Gasteiger partial charge is 0.393 e. The Morgan fingerprint density at radius 3 is 2.67 bits per heavy atom. The Balaban J connectivity index is 1.77. The topological polar surface area (TPSA) is 94.8 Å². The maximum atomic E-state index is 12.5. The van der Waals surface area contributed by atoms with Gasteiger partial charge in [0.25, 0.3) is 0 Å². The van der Waals surface area contributed by atoms with Crippen molar-refractivity contribution in [1.29, 1.82) is 0 Å². The maximum absolute atomic E-state index is 12.5. The predicted octanol–water partition coefficient (Wildman–Crippen LogP) is 1.95. The van der Waals surface area contributed by atoms with Crippen molar-refractivity contribution in [3.8, 4) is 0 Å². The fraction of sp³-hybridized carbons (Fsp3) is 0.727. The van der Waals surface area contributed by atoms with E-state index >= 15 is 0 Å². The molecular formula is C22H30O5. The second-order valence-corrected chi connectivity index (χ2v) is 9.53. The standard InChI is InChI=1S/C22H30O5/c1-20-8-5-14(24)11-13(20)3-4-15-16-6-10-22(27,18(26)12-23)21(16,2)9-7-17(25)19(15)20/h5,8,11,15-17,19,23,25,27H,3-4,6-7,9-10,12H2,1-2H3/t15-,16-,17-,19+,20-,21-,22-/m0/s1. The average Bonchev–Trinajstić information content (AvgIpc) is 2.84. The second kappa shape index (κ2) is 6.10. The van der Waals surface area contributed by atoms with Crippen molar-refractivity contribution in [3.63, 3.8) is 0 Å². The van der Waals surface area contributed by atoms with Gasteiger partial charge in [0.05, 0.1) is 6.10 Å². The number of Topliss-reactive ketones (excluding diaryl/α,β-unsaturated/α-hetero) is 1. The van der Waals surface area contributed by atoms with Gasteiger partial charge in [-0.05, 0) is 62.5 Å². The quantitative estimate of drug-likeness (QED) is 0.687. The van der Waals surface area contributed by atoms with Crippen LogP contribution in [0, 0.1) is 28.6 Å². The van der Waals surface area contributed by atoms with Crippen LogP contribution >= 0.6 is 0 Å². The third kappa shape index (κ3) is 2.41. The molecule has 0 aromatic heterocycles. The highest BCUT2D eigenvalue weighted by Crippen LogP contribution is 2.65. The number of aliphatic hydroxyl groups is 3. The number of carbonyl (C=O) groups excluding carboxylic acids is 2. The van der Waals surface area contributed by atoms with E-state index in [0.29, 0.717) is 19.3 Å². The number of carbonyl (C=O) groups is 2. The molecule has 7 atom stereocenters. The summed E-state index contributed by atoms with van der Waals surface area (Å²) in [6.45, 7) is 3.44. The van der Waals surface area contributed by atoms with Crippen molar-refractivity contribution >= 4 is 11.6 Å². The van der Waals surface area contributed by atoms with E-state index in [9.17, 15) is 24.9 Å². The Labute approximate surface area is 160 Å². The van der Waals surface area contributed by atoms with E-state index in [1.807, 2.05) is 13.0 Å². The highest BCUT2D eigenvalue weighted by atomic mass is 16.3. The molecule has 0 aliphatic heterocycles. The Hall–Kier alpha value is -1.30. The van der Waals surface area contributed by atoms with Crippen LogP contribution in [-0.2, 0) is 9.59 Å². The minimum absolute atomic E-state index is 0.0117. The summed E-state index contributed by atoms with van der Waals surface area (Å²) in [5, 5.41) is 31.8. The number of ketones is 2. The molecule has 4 aliphatic rings. The molecule has 0 aromatic rings. The predicted molar refractivity (Wildman–Crippen MR) is 99.7 cm³/mol. The van der Waals surface area contributed by atoms with Crippen LogP contribution in [-0.4, -0.2) is 45.2 Å². The molecule has 0 bridgehead atoms. The van der Waals surface area contributed by atoms with Crippen LogP contribution in [0.15, 0.2) is 23.8 Å². The van der Waals surface area contributed by atoms with Gasteiger partial charge in [-0.1, -0.05) is 25.5 Å². The SMILES string of the molecule is C[C@]12C=CC(=O)C=C1CC[C@@H]1[C@@H]2[C@@H](O)CC[C@@]2(C)[C@H]1CC[C@]2(O)C(=O)CO. The van der Waals surface area contributed by atoms with E-state index in [4.69, 9.17) is 0 Å². The first-order valence-electron chi connectivity index (χ1n) is 10.2. The number of hydrogen-bond donors (Lipinski definition) is 3. The molecule has 0 heterocycles. The molecule has 0 aromatic carbocycles. The molecule has 0 unspecified atom stereocenters. The van der Waals surface area contributed by atoms with Crippen molar-refractivity contribution in [2.75, 3.05) is 6.61 Å². The zero-order valence-corrected chi connectivity index (χ0v) is 16.1. The molecule has 0 radical (unpaired) electrons. The Bertz CT molecular complexity index is 739. The Morgan fingerprint density at radius 1 is 1.22 bits per heavy atom. The van der Waals surface area contributed by atoms with Gasteiger partial charge in [-0.2, -0.15) is 0 Å². The average molecular weight is 374 g/mol. The van der Waals surface area contributed by atoms with E-state index in [1.165, 1.54) is 0 Å². The van der Waals surface area contributed by atoms with Crippen molar-refractivity contribution in [2.24, 2.45) is 28.6 Å². The van der Waals surface area contributed by atoms with Crippen molar-refractivity contribution in [1.82, 2.24) is 0 Å². The zero-order chi connectivity index (χ0) is 19.6. The number of fused-ring (bicyclic) bond motifs is 5. The van der Waals surface area contributed by atoms with Crippen LogP contribution < -0.4 is 0 Å². The summed E-state index contributed by atoms with van der Waals surface area (Å²) in [5.41, 5.74) is -1.42. The highest BCUT2D eigenvalue weighted by molar-refractivity contribution is 6.01. The minimum atomic E-state index is -1.52. The summed E-state index contributed by atoms with van der Waals surface area (Å²) in [6.07, 6.45) is 8.60. The van der Waals surface area contributed by atoms with E-state index in [2.05, 4.69) is 6.92 Å². The van der Waals surface area contributed by atoms with Crippen LogP contribution in [0.2, 0.25) is 0 Å². The summed E-state index contributed by atoms with van der Waals surface area (Å²) in [5.74, 6) is -0.221. The molecule has 4 rings (SSSR count). The lowest BCUT2D eigenvalue weighted by Crippen LogP contribution is -2.54. The van der Waals surface area contributed by atoms with Gasteiger partial charge in [-0.25, -0.2) is 0 Å². The van der Waals surface area contributed by atoms with Crippen LogP contribution in [0.3, 0.4) is 0 Å². The molecule has 0 amide bonds. The second-order valence-electron chi connectivity index (χ2n) is 9.53. The van der Waals surface area contributed by atoms with Gasteiger partial charge in [0.15, 0.2) is 11.6 Å². The van der Waals surface area contributed by atoms with Crippen LogP contribution in [0.25, 0.3) is 0 Å². The number of rotatable bonds is 2. The summed E-state index contributed by atoms with van der Waals surface area (Å²) < 4.78 is 0. The van der Waals surface area contributed by atoms with Gasteiger partial charge in [0.2, 0.25) is 0 Å². The molecule has 4 aliphatic carbocycles. The molecule has 148 valence electrons. The first-order valence-corrected chi connectivity index (χ1v) is 10.2. The molecule has 5 heteroatoms. The van der Waals surface area contributed by atoms with Crippen molar-refractivity contribution < 1.29 is 24.9 Å². The Morgan fingerprint density at radius 2 is 1.96 bits per heavy atom. The molecular weight excluding hydrogens is 344 g/mol. The van der Waals surface area contributed by atoms with Gasteiger partial charge in [-0.15, -0.1) is 0 Å². The lowest BCUT2D eigenvalue weighted by atomic mass is 9.53. The molecule has 3 N–H and O–H groups in total.